The van der Waals surface area contributed by atoms with Gasteiger partial charge in [0.15, 0.2) is 0 Å². The molecule has 7 nitrogen and oxygen atoms in total. The molecule has 1 saturated heterocycles. The molecular weight excluding hydrogens is 442 g/mol. The number of carbonyl (C=O) groups excluding carboxylic acids is 3. The molecule has 1 fully saturated rings. The molecule has 1 atom stereocenters. The van der Waals surface area contributed by atoms with E-state index in [-0.39, 0.29) is 46.8 Å². The summed E-state index contributed by atoms with van der Waals surface area (Å²) in [4.78, 5) is 40.9. The summed E-state index contributed by atoms with van der Waals surface area (Å²) in [6, 6.07) is 5.80. The van der Waals surface area contributed by atoms with Gasteiger partial charge < -0.3 is 19.9 Å². The highest BCUT2D eigenvalue weighted by atomic mass is 16.5. The van der Waals surface area contributed by atoms with E-state index in [9.17, 15) is 14.4 Å². The molecule has 7 heteroatoms. The van der Waals surface area contributed by atoms with Crippen LogP contribution in [0.3, 0.4) is 0 Å². The van der Waals surface area contributed by atoms with Gasteiger partial charge in [0.05, 0.1) is 19.2 Å². The van der Waals surface area contributed by atoms with Gasteiger partial charge in [0.1, 0.15) is 5.75 Å². The Balaban J connectivity index is 2.01. The summed E-state index contributed by atoms with van der Waals surface area (Å²) in [5.74, 6) is -0.307. The second kappa shape index (κ2) is 11.1. The van der Waals surface area contributed by atoms with E-state index < -0.39 is 0 Å². The Morgan fingerprint density at radius 3 is 2.40 bits per heavy atom. The van der Waals surface area contributed by atoms with Crippen molar-refractivity contribution in [3.8, 4) is 5.75 Å². The highest BCUT2D eigenvalue weighted by Gasteiger charge is 2.35. The van der Waals surface area contributed by atoms with Crippen molar-refractivity contribution in [1.29, 1.82) is 0 Å². The van der Waals surface area contributed by atoms with Crippen LogP contribution in [0.2, 0.25) is 0 Å². The summed E-state index contributed by atoms with van der Waals surface area (Å²) in [6.45, 7) is 17.5. The molecule has 0 radical (unpaired) electrons. The summed E-state index contributed by atoms with van der Waals surface area (Å²) < 4.78 is 5.51. The fourth-order valence-electron chi connectivity index (χ4n) is 3.93. The first-order valence-corrected chi connectivity index (χ1v) is 12.1. The van der Waals surface area contributed by atoms with E-state index in [0.717, 1.165) is 24.9 Å². The topological polar surface area (TPSA) is 79.0 Å². The number of methoxy groups -OCH3 is 1. The van der Waals surface area contributed by atoms with Crippen LogP contribution in [0.5, 0.6) is 5.75 Å². The van der Waals surface area contributed by atoms with Gasteiger partial charge in [-0.2, -0.15) is 0 Å². The zero-order chi connectivity index (χ0) is 26.6. The predicted octanol–water partition coefficient (Wildman–Crippen LogP) is 4.29. The molecule has 1 aliphatic heterocycles. The number of allylic oxidation sites excluding steroid dienone is 1. The molecule has 0 bridgehead atoms. The number of likely N-dealkylation sites (N-methyl/N-ethyl adjacent to an activating group) is 1. The van der Waals surface area contributed by atoms with Crippen molar-refractivity contribution in [2.75, 3.05) is 27.2 Å². The normalized spacial score (nSPS) is 16.3. The van der Waals surface area contributed by atoms with Gasteiger partial charge in [-0.25, -0.2) is 0 Å². The molecule has 0 aromatic heterocycles. The molecule has 1 aromatic rings. The first kappa shape index (κ1) is 28.1. The summed E-state index contributed by atoms with van der Waals surface area (Å²) in [5.41, 5.74) is 1.59. The second-order valence-electron chi connectivity index (χ2n) is 10.9. The molecule has 1 N–H and O–H groups in total. The van der Waals surface area contributed by atoms with Crippen LogP contribution in [0.1, 0.15) is 70.3 Å². The van der Waals surface area contributed by atoms with E-state index in [1.165, 1.54) is 24.2 Å². The first-order valence-electron chi connectivity index (χ1n) is 12.1. The SMILES string of the molecule is C=C(/C=C/C(=O)N(C)CC(=O)N1CCC[C@H]1C)NC(=O)c1ccc(C(C)(C)C(C)(C)C)cc1OC. The number of carbonyl (C=O) groups is 3. The van der Waals surface area contributed by atoms with Crippen LogP contribution in [0.4, 0.5) is 0 Å². The lowest BCUT2D eigenvalue weighted by atomic mass is 9.65. The summed E-state index contributed by atoms with van der Waals surface area (Å²) >= 11 is 0. The molecule has 35 heavy (non-hydrogen) atoms. The van der Waals surface area contributed by atoms with Crippen LogP contribution < -0.4 is 10.1 Å². The smallest absolute Gasteiger partial charge is 0.259 e. The number of rotatable bonds is 8. The van der Waals surface area contributed by atoms with Gasteiger partial charge in [-0.15, -0.1) is 0 Å². The third-order valence-corrected chi connectivity index (χ3v) is 7.37. The van der Waals surface area contributed by atoms with Crippen molar-refractivity contribution < 1.29 is 19.1 Å². The molecule has 0 aliphatic carbocycles. The molecule has 0 unspecified atom stereocenters. The zero-order valence-electron chi connectivity index (χ0n) is 22.5. The average molecular weight is 484 g/mol. The van der Waals surface area contributed by atoms with Gasteiger partial charge in [0.2, 0.25) is 11.8 Å². The maximum absolute atomic E-state index is 12.9. The molecule has 1 heterocycles. The van der Waals surface area contributed by atoms with Crippen LogP contribution in [0.25, 0.3) is 0 Å². The van der Waals surface area contributed by atoms with E-state index in [2.05, 4.69) is 46.5 Å². The largest absolute Gasteiger partial charge is 0.496 e. The Morgan fingerprint density at radius 1 is 1.20 bits per heavy atom. The number of likely N-dealkylation sites (tertiary alicyclic amines) is 1. The van der Waals surface area contributed by atoms with Gasteiger partial charge in [0, 0.05) is 31.4 Å². The number of nitrogens with one attached hydrogen (secondary N) is 1. The van der Waals surface area contributed by atoms with E-state index in [1.54, 1.807) is 13.1 Å². The molecule has 192 valence electrons. The Morgan fingerprint density at radius 2 is 1.86 bits per heavy atom. The second-order valence-corrected chi connectivity index (χ2v) is 10.9. The molecular formula is C28H41N3O4. The van der Waals surface area contributed by atoms with Crippen molar-refractivity contribution in [3.63, 3.8) is 0 Å². The minimum atomic E-state index is -0.379. The lowest BCUT2D eigenvalue weighted by Crippen LogP contribution is -2.42. The van der Waals surface area contributed by atoms with Gasteiger partial charge in [-0.05, 0) is 54.4 Å². The van der Waals surface area contributed by atoms with Crippen molar-refractivity contribution >= 4 is 17.7 Å². The molecule has 1 aliphatic rings. The van der Waals surface area contributed by atoms with Gasteiger partial charge in [-0.3, -0.25) is 14.4 Å². The Kier molecular flexibility index (Phi) is 8.93. The number of ether oxygens (including phenoxy) is 1. The van der Waals surface area contributed by atoms with Crippen LogP contribution >= 0.6 is 0 Å². The molecule has 1 aromatic carbocycles. The summed E-state index contributed by atoms with van der Waals surface area (Å²) in [6.07, 6.45) is 4.72. The van der Waals surface area contributed by atoms with E-state index in [0.29, 0.717) is 11.3 Å². The van der Waals surface area contributed by atoms with E-state index >= 15 is 0 Å². The third-order valence-electron chi connectivity index (χ3n) is 7.37. The number of hydrogen-bond acceptors (Lipinski definition) is 4. The number of amides is 3. The van der Waals surface area contributed by atoms with Crippen molar-refractivity contribution in [1.82, 2.24) is 15.1 Å². The van der Waals surface area contributed by atoms with Gasteiger partial charge in [0.25, 0.3) is 5.91 Å². The average Bonchev–Trinajstić information content (AvgIpc) is 3.21. The van der Waals surface area contributed by atoms with Crippen LogP contribution in [-0.4, -0.2) is 60.8 Å². The molecule has 3 amide bonds. The minimum absolute atomic E-state index is 0.0118. The predicted molar refractivity (Wildman–Crippen MR) is 139 cm³/mol. The number of benzene rings is 1. The quantitative estimate of drug-likeness (QED) is 0.442. The van der Waals surface area contributed by atoms with Crippen molar-refractivity contribution in [2.24, 2.45) is 5.41 Å². The fraction of sp³-hybridized carbons (Fsp3) is 0.536. The van der Waals surface area contributed by atoms with Crippen LogP contribution in [-0.2, 0) is 15.0 Å². The van der Waals surface area contributed by atoms with Crippen molar-refractivity contribution in [2.45, 2.75) is 65.8 Å². The van der Waals surface area contributed by atoms with E-state index in [4.69, 9.17) is 4.74 Å². The maximum atomic E-state index is 12.9. The minimum Gasteiger partial charge on any atom is -0.496 e. The lowest BCUT2D eigenvalue weighted by molar-refractivity contribution is -0.137. The van der Waals surface area contributed by atoms with Gasteiger partial charge >= 0.3 is 0 Å². The standard InChI is InChI=1S/C28H41N3O4/c1-19(12-15-24(32)30(8)18-25(33)31-16-10-11-20(31)2)29-26(34)22-14-13-21(17-23(22)35-9)28(6,7)27(3,4)5/h12-15,17,20H,1,10-11,16,18H2,2-9H3,(H,29,34)/b15-12+/t20-/m1/s1. The molecule has 0 saturated carbocycles. The zero-order valence-corrected chi connectivity index (χ0v) is 22.5. The monoisotopic (exact) mass is 483 g/mol. The van der Waals surface area contributed by atoms with Crippen molar-refractivity contribution in [3.05, 3.63) is 53.8 Å². The van der Waals surface area contributed by atoms with Crippen LogP contribution in [0, 0.1) is 5.41 Å². The Hall–Kier alpha value is -3.09. The molecule has 2 rings (SSSR count). The summed E-state index contributed by atoms with van der Waals surface area (Å²) in [5, 5.41) is 2.70. The van der Waals surface area contributed by atoms with E-state index in [1.807, 2.05) is 24.0 Å². The van der Waals surface area contributed by atoms with Gasteiger partial charge in [-0.1, -0.05) is 47.3 Å². The van der Waals surface area contributed by atoms with Crippen LogP contribution in [0.15, 0.2) is 42.6 Å². The first-order chi connectivity index (χ1) is 16.2. The highest BCUT2D eigenvalue weighted by Crippen LogP contribution is 2.42. The highest BCUT2D eigenvalue weighted by molar-refractivity contribution is 5.98. The lowest BCUT2D eigenvalue weighted by Gasteiger charge is -2.39. The fourth-order valence-corrected chi connectivity index (χ4v) is 3.93. The Labute approximate surface area is 210 Å². The number of nitrogens with zero attached hydrogens (tertiary/aromatic N) is 2. The Bertz CT molecular complexity index is 1000. The third kappa shape index (κ3) is 6.74. The maximum Gasteiger partial charge on any atom is 0.259 e. The summed E-state index contributed by atoms with van der Waals surface area (Å²) in [7, 11) is 3.12. The number of hydrogen-bond donors (Lipinski definition) is 1. The molecule has 0 spiro atoms.